The molecule has 10 heteroatoms. The molecule has 1 aromatic carbocycles. The summed E-state index contributed by atoms with van der Waals surface area (Å²) in [5, 5.41) is 2.09. The smallest absolute Gasteiger partial charge is 0.341 e. The van der Waals surface area contributed by atoms with Crippen molar-refractivity contribution < 1.29 is 36.3 Å². The van der Waals surface area contributed by atoms with Gasteiger partial charge in [-0.25, -0.2) is 26.7 Å². The molecule has 1 amide bonds. The van der Waals surface area contributed by atoms with Crippen LogP contribution in [0.4, 0.5) is 27.0 Å². The molecule has 1 heterocycles. The second kappa shape index (κ2) is 8.48. The van der Waals surface area contributed by atoms with Gasteiger partial charge < -0.3 is 10.1 Å². The van der Waals surface area contributed by atoms with Crippen molar-refractivity contribution in [1.29, 1.82) is 0 Å². The lowest BCUT2D eigenvalue weighted by Gasteiger charge is -2.11. The lowest BCUT2D eigenvalue weighted by atomic mass is 9.96. The molecule has 0 saturated heterocycles. The summed E-state index contributed by atoms with van der Waals surface area (Å²) >= 11 is 1.04. The van der Waals surface area contributed by atoms with Crippen LogP contribution >= 0.6 is 11.3 Å². The number of esters is 1. The number of methoxy groups -OCH3 is 1. The first-order chi connectivity index (χ1) is 13.8. The van der Waals surface area contributed by atoms with E-state index in [4.69, 9.17) is 4.74 Å². The third kappa shape index (κ3) is 3.85. The van der Waals surface area contributed by atoms with Gasteiger partial charge in [-0.3, -0.25) is 4.79 Å². The minimum Gasteiger partial charge on any atom is -0.465 e. The Bertz CT molecular complexity index is 960. The van der Waals surface area contributed by atoms with Crippen LogP contribution in [-0.2, 0) is 17.6 Å². The largest absolute Gasteiger partial charge is 0.465 e. The number of rotatable bonds is 3. The summed E-state index contributed by atoms with van der Waals surface area (Å²) in [6.45, 7) is 0. The molecular formula is C19H16F5NO3S. The van der Waals surface area contributed by atoms with Crippen LogP contribution in [0.25, 0.3) is 0 Å². The molecule has 3 rings (SSSR count). The third-order valence-electron chi connectivity index (χ3n) is 4.72. The second-order valence-corrected chi connectivity index (χ2v) is 7.62. The zero-order chi connectivity index (χ0) is 21.3. The Morgan fingerprint density at radius 3 is 1.97 bits per heavy atom. The molecule has 1 aliphatic rings. The Hall–Kier alpha value is -2.49. The normalized spacial score (nSPS) is 14.0. The van der Waals surface area contributed by atoms with Crippen molar-refractivity contribution in [2.45, 2.75) is 38.5 Å². The fraction of sp³-hybridized carbons (Fsp3) is 0.368. The van der Waals surface area contributed by atoms with Crippen molar-refractivity contribution in [2.75, 3.05) is 12.4 Å². The summed E-state index contributed by atoms with van der Waals surface area (Å²) in [4.78, 5) is 25.5. The highest BCUT2D eigenvalue weighted by molar-refractivity contribution is 7.17. The van der Waals surface area contributed by atoms with Gasteiger partial charge in [-0.1, -0.05) is 12.8 Å². The molecule has 0 spiro atoms. The van der Waals surface area contributed by atoms with Gasteiger partial charge in [-0.15, -0.1) is 11.3 Å². The summed E-state index contributed by atoms with van der Waals surface area (Å²) in [5.41, 5.74) is -0.890. The minimum absolute atomic E-state index is 0.0438. The molecule has 0 fully saturated rings. The number of anilines is 1. The van der Waals surface area contributed by atoms with Crippen molar-refractivity contribution in [3.63, 3.8) is 0 Å². The summed E-state index contributed by atoms with van der Waals surface area (Å²) in [6.07, 6.45) is 4.81. The summed E-state index contributed by atoms with van der Waals surface area (Å²) in [5.74, 6) is -13.6. The van der Waals surface area contributed by atoms with Crippen LogP contribution in [0, 0.1) is 29.1 Å². The highest BCUT2D eigenvalue weighted by Gasteiger charge is 2.32. The van der Waals surface area contributed by atoms with Crippen molar-refractivity contribution in [3.05, 3.63) is 50.7 Å². The van der Waals surface area contributed by atoms with E-state index in [9.17, 15) is 31.5 Å². The Balaban J connectivity index is 2.06. The zero-order valence-electron chi connectivity index (χ0n) is 15.3. The molecule has 2 aromatic rings. The van der Waals surface area contributed by atoms with Gasteiger partial charge in [0.2, 0.25) is 5.82 Å². The molecule has 1 aliphatic carbocycles. The maximum Gasteiger partial charge on any atom is 0.341 e. The van der Waals surface area contributed by atoms with Gasteiger partial charge in [0.15, 0.2) is 23.3 Å². The lowest BCUT2D eigenvalue weighted by molar-refractivity contribution is 0.0601. The first kappa shape index (κ1) is 21.2. The van der Waals surface area contributed by atoms with Crippen molar-refractivity contribution >= 4 is 28.2 Å². The zero-order valence-corrected chi connectivity index (χ0v) is 16.1. The van der Waals surface area contributed by atoms with Gasteiger partial charge in [-0.05, 0) is 31.2 Å². The SMILES string of the molecule is COC(=O)c1c(NC(=O)c2c(F)c(F)c(F)c(F)c2F)sc2c1CCCCCC2. The molecule has 0 radical (unpaired) electrons. The number of benzene rings is 1. The first-order valence-electron chi connectivity index (χ1n) is 8.83. The van der Waals surface area contributed by atoms with E-state index in [0.717, 1.165) is 49.0 Å². The summed E-state index contributed by atoms with van der Waals surface area (Å²) < 4.78 is 72.7. The molecule has 1 aromatic heterocycles. The Kier molecular flexibility index (Phi) is 6.21. The van der Waals surface area contributed by atoms with E-state index in [1.807, 2.05) is 0 Å². The van der Waals surface area contributed by atoms with Gasteiger partial charge in [0.1, 0.15) is 10.6 Å². The maximum atomic E-state index is 13.9. The molecule has 29 heavy (non-hydrogen) atoms. The van der Waals surface area contributed by atoms with Crippen LogP contribution in [0.15, 0.2) is 0 Å². The predicted octanol–water partition coefficient (Wildman–Crippen LogP) is 5.14. The third-order valence-corrected chi connectivity index (χ3v) is 5.93. The van der Waals surface area contributed by atoms with E-state index in [1.165, 1.54) is 0 Å². The van der Waals surface area contributed by atoms with Gasteiger partial charge in [0.05, 0.1) is 12.7 Å². The highest BCUT2D eigenvalue weighted by Crippen LogP contribution is 2.38. The number of hydrogen-bond donors (Lipinski definition) is 1. The number of nitrogens with one attached hydrogen (secondary N) is 1. The van der Waals surface area contributed by atoms with Crippen LogP contribution in [0.3, 0.4) is 0 Å². The standard InChI is InChI=1S/C19H16F5NO3S/c1-28-19(27)10-8-6-4-2-3-5-7-9(8)29-18(10)25-17(26)11-12(20)14(22)16(24)15(23)13(11)21/h2-7H2,1H3,(H,25,26). The molecule has 0 aliphatic heterocycles. The highest BCUT2D eigenvalue weighted by atomic mass is 32.1. The number of hydrogen-bond acceptors (Lipinski definition) is 4. The van der Waals surface area contributed by atoms with E-state index in [1.54, 1.807) is 0 Å². The predicted molar refractivity (Wildman–Crippen MR) is 95.7 cm³/mol. The first-order valence-corrected chi connectivity index (χ1v) is 9.65. The second-order valence-electron chi connectivity index (χ2n) is 6.51. The van der Waals surface area contributed by atoms with Gasteiger partial charge in [0, 0.05) is 4.88 Å². The molecule has 1 N–H and O–H groups in total. The van der Waals surface area contributed by atoms with E-state index in [0.29, 0.717) is 18.4 Å². The molecular weight excluding hydrogens is 417 g/mol. The Labute approximate surface area is 166 Å². The van der Waals surface area contributed by atoms with Gasteiger partial charge >= 0.3 is 5.97 Å². The number of fused-ring (bicyclic) bond motifs is 1. The topological polar surface area (TPSA) is 55.4 Å². The van der Waals surface area contributed by atoms with Gasteiger partial charge in [0.25, 0.3) is 5.91 Å². The molecule has 0 bridgehead atoms. The van der Waals surface area contributed by atoms with Crippen LogP contribution in [0.5, 0.6) is 0 Å². The van der Waals surface area contributed by atoms with Crippen molar-refractivity contribution in [1.82, 2.24) is 0 Å². The number of aryl methyl sites for hydroxylation is 1. The van der Waals surface area contributed by atoms with Crippen LogP contribution in [0.2, 0.25) is 0 Å². The lowest BCUT2D eigenvalue weighted by Crippen LogP contribution is -2.20. The quantitative estimate of drug-likeness (QED) is 0.316. The van der Waals surface area contributed by atoms with Crippen LogP contribution in [0.1, 0.15) is 56.8 Å². The van der Waals surface area contributed by atoms with E-state index < -0.39 is 46.5 Å². The summed E-state index contributed by atoms with van der Waals surface area (Å²) in [6, 6.07) is 0. The number of thiophene rings is 1. The number of halogens is 5. The van der Waals surface area contributed by atoms with Crippen LogP contribution in [-0.4, -0.2) is 19.0 Å². The number of amides is 1. The fourth-order valence-electron chi connectivity index (χ4n) is 3.30. The molecule has 156 valence electrons. The average Bonchev–Trinajstić information content (AvgIpc) is 3.00. The van der Waals surface area contributed by atoms with Crippen LogP contribution < -0.4 is 5.32 Å². The number of carbonyl (C=O) groups is 2. The fourth-order valence-corrected chi connectivity index (χ4v) is 4.57. The van der Waals surface area contributed by atoms with E-state index in [-0.39, 0.29) is 10.6 Å². The Morgan fingerprint density at radius 1 is 0.828 bits per heavy atom. The molecule has 0 saturated carbocycles. The number of ether oxygens (including phenoxy) is 1. The van der Waals surface area contributed by atoms with Crippen molar-refractivity contribution in [3.8, 4) is 0 Å². The summed E-state index contributed by atoms with van der Waals surface area (Å²) in [7, 11) is 1.14. The molecule has 0 atom stereocenters. The number of carbonyl (C=O) groups excluding carboxylic acids is 2. The van der Waals surface area contributed by atoms with Gasteiger partial charge in [-0.2, -0.15) is 0 Å². The molecule has 4 nitrogen and oxygen atoms in total. The van der Waals surface area contributed by atoms with E-state index in [2.05, 4.69) is 5.32 Å². The Morgan fingerprint density at radius 2 is 1.38 bits per heavy atom. The van der Waals surface area contributed by atoms with E-state index >= 15 is 0 Å². The minimum atomic E-state index is -2.36. The monoisotopic (exact) mass is 433 g/mol. The average molecular weight is 433 g/mol. The maximum absolute atomic E-state index is 13.9. The van der Waals surface area contributed by atoms with Crippen molar-refractivity contribution in [2.24, 2.45) is 0 Å². The molecule has 0 unspecified atom stereocenters.